The maximum absolute atomic E-state index is 14.5. The molecule has 0 spiro atoms. The van der Waals surface area contributed by atoms with Crippen molar-refractivity contribution in [3.8, 4) is 28.3 Å². The molecule has 166 valence electrons. The van der Waals surface area contributed by atoms with Gasteiger partial charge in [0.05, 0.1) is 5.69 Å². The van der Waals surface area contributed by atoms with Gasteiger partial charge in [0, 0.05) is 45.2 Å². The molecule has 33 heavy (non-hydrogen) atoms. The number of carboxylic acids is 1. The molecule has 3 heterocycles. The van der Waals surface area contributed by atoms with E-state index in [0.717, 1.165) is 10.9 Å². The highest BCUT2D eigenvalue weighted by molar-refractivity contribution is 6.07. The van der Waals surface area contributed by atoms with E-state index in [1.807, 2.05) is 32.0 Å². The second kappa shape index (κ2) is 7.67. The maximum Gasteiger partial charge on any atom is 0.352 e. The highest BCUT2D eigenvalue weighted by Crippen LogP contribution is 2.44. The molecule has 0 bridgehead atoms. The van der Waals surface area contributed by atoms with E-state index in [4.69, 9.17) is 4.74 Å². The van der Waals surface area contributed by atoms with Crippen LogP contribution in [0.5, 0.6) is 5.88 Å². The molecule has 3 aromatic heterocycles. The van der Waals surface area contributed by atoms with Crippen molar-refractivity contribution in [1.29, 1.82) is 0 Å². The topological polar surface area (TPSA) is 111 Å². The minimum Gasteiger partial charge on any atom is -0.477 e. The van der Waals surface area contributed by atoms with Crippen molar-refractivity contribution in [1.82, 2.24) is 15.0 Å². The van der Waals surface area contributed by atoms with Crippen LogP contribution in [0.25, 0.3) is 44.2 Å². The Kier molecular flexibility index (Phi) is 4.78. The first kappa shape index (κ1) is 20.6. The van der Waals surface area contributed by atoms with Gasteiger partial charge >= 0.3 is 5.97 Å². The Bertz CT molecular complexity index is 1540. The molecule has 0 aliphatic heterocycles. The van der Waals surface area contributed by atoms with Crippen LogP contribution in [-0.4, -0.2) is 32.5 Å². The minimum absolute atomic E-state index is 0.00760. The predicted octanol–water partition coefficient (Wildman–Crippen LogP) is 5.81. The summed E-state index contributed by atoms with van der Waals surface area (Å²) in [6.07, 6.45) is 1.72. The smallest absolute Gasteiger partial charge is 0.352 e. The average molecular weight is 445 g/mol. The summed E-state index contributed by atoms with van der Waals surface area (Å²) in [5, 5.41) is 11.6. The Labute approximate surface area is 187 Å². The number of H-pyrrole nitrogens is 3. The van der Waals surface area contributed by atoms with E-state index in [1.165, 1.54) is 12.1 Å². The Morgan fingerprint density at radius 3 is 2.61 bits per heavy atom. The molecule has 4 N–H and O–H groups in total. The second-order valence-corrected chi connectivity index (χ2v) is 8.13. The number of aromatic nitrogens is 3. The van der Waals surface area contributed by atoms with Crippen LogP contribution in [0.1, 0.15) is 35.8 Å². The van der Waals surface area contributed by atoms with Crippen LogP contribution in [0.15, 0.2) is 48.7 Å². The van der Waals surface area contributed by atoms with Gasteiger partial charge < -0.3 is 24.8 Å². The Balaban J connectivity index is 1.87. The van der Waals surface area contributed by atoms with Crippen molar-refractivity contribution < 1.29 is 23.8 Å². The number of carboxylic acid groups (broad SMARTS) is 1. The number of ether oxygens (including phenoxy) is 1. The van der Waals surface area contributed by atoms with E-state index < -0.39 is 11.8 Å². The average Bonchev–Trinajstić information content (AvgIpc) is 3.48. The molecule has 0 radical (unpaired) electrons. The highest BCUT2D eigenvalue weighted by Gasteiger charge is 2.28. The van der Waals surface area contributed by atoms with Gasteiger partial charge in [-0.2, -0.15) is 0 Å². The number of rotatable bonds is 6. The number of hydrogen-bond acceptors (Lipinski definition) is 3. The first-order valence-corrected chi connectivity index (χ1v) is 10.4. The van der Waals surface area contributed by atoms with E-state index >= 15 is 0 Å². The van der Waals surface area contributed by atoms with Crippen molar-refractivity contribution in [3.63, 3.8) is 0 Å². The van der Waals surface area contributed by atoms with Gasteiger partial charge in [0.15, 0.2) is 0 Å². The molecular weight excluding hydrogens is 425 g/mol. The van der Waals surface area contributed by atoms with Crippen LogP contribution >= 0.6 is 0 Å². The van der Waals surface area contributed by atoms with E-state index in [0.29, 0.717) is 45.3 Å². The van der Waals surface area contributed by atoms with Gasteiger partial charge in [-0.15, -0.1) is 0 Å². The van der Waals surface area contributed by atoms with Gasteiger partial charge in [-0.05, 0) is 41.3 Å². The normalized spacial score (nSPS) is 11.5. The van der Waals surface area contributed by atoms with Gasteiger partial charge in [-0.3, -0.25) is 4.79 Å². The first-order chi connectivity index (χ1) is 15.9. The third kappa shape index (κ3) is 3.27. The molecule has 0 amide bonds. The lowest BCUT2D eigenvalue weighted by atomic mass is 9.89. The fourth-order valence-corrected chi connectivity index (χ4v) is 4.55. The van der Waals surface area contributed by atoms with Crippen molar-refractivity contribution >= 4 is 34.2 Å². The summed E-state index contributed by atoms with van der Waals surface area (Å²) in [6, 6.07) is 11.8. The quantitative estimate of drug-likeness (QED) is 0.247. The molecule has 2 aromatic carbocycles. The minimum atomic E-state index is -1.13. The summed E-state index contributed by atoms with van der Waals surface area (Å²) in [5.74, 6) is -1.38. The van der Waals surface area contributed by atoms with Crippen LogP contribution in [0.4, 0.5) is 4.39 Å². The van der Waals surface area contributed by atoms with Crippen molar-refractivity contribution in [2.24, 2.45) is 0 Å². The fraction of sp³-hybridized carbons (Fsp3) is 0.120. The molecule has 0 unspecified atom stereocenters. The Morgan fingerprint density at radius 1 is 1.06 bits per heavy atom. The van der Waals surface area contributed by atoms with Crippen LogP contribution in [0.2, 0.25) is 0 Å². The molecule has 0 aliphatic rings. The Morgan fingerprint density at radius 2 is 1.88 bits per heavy atom. The summed E-state index contributed by atoms with van der Waals surface area (Å²) in [6.45, 7) is 4.26. The first-order valence-electron chi connectivity index (χ1n) is 10.4. The largest absolute Gasteiger partial charge is 0.477 e. The Hall–Kier alpha value is -4.33. The number of aromatic amines is 3. The third-order valence-electron chi connectivity index (χ3n) is 5.82. The number of nitrogens with one attached hydrogen (secondary N) is 3. The zero-order valence-electron chi connectivity index (χ0n) is 17.8. The fourth-order valence-electron chi connectivity index (χ4n) is 4.55. The van der Waals surface area contributed by atoms with E-state index in [1.54, 1.807) is 18.3 Å². The highest BCUT2D eigenvalue weighted by atomic mass is 19.1. The van der Waals surface area contributed by atoms with E-state index in [9.17, 15) is 19.1 Å². The number of halogens is 1. The molecule has 0 atom stereocenters. The van der Waals surface area contributed by atoms with Crippen molar-refractivity contribution in [2.45, 2.75) is 19.8 Å². The molecule has 0 aliphatic carbocycles. The predicted molar refractivity (Wildman–Crippen MR) is 123 cm³/mol. The van der Waals surface area contributed by atoms with Crippen LogP contribution in [-0.2, 0) is 4.79 Å². The van der Waals surface area contributed by atoms with Gasteiger partial charge in [-0.1, -0.05) is 26.0 Å². The van der Waals surface area contributed by atoms with E-state index in [-0.39, 0.29) is 17.5 Å². The van der Waals surface area contributed by atoms with Crippen LogP contribution in [0, 0.1) is 5.82 Å². The van der Waals surface area contributed by atoms with Gasteiger partial charge in [0.1, 0.15) is 11.5 Å². The van der Waals surface area contributed by atoms with E-state index in [2.05, 4.69) is 15.0 Å². The number of benzene rings is 2. The SMILES string of the molecule is CC(C)c1c(-c2cc(F)cc3[nH]ccc23)[nH]c(C(=O)O)c1-c1cccc2[nH]c(OC=O)cc12. The summed E-state index contributed by atoms with van der Waals surface area (Å²) in [4.78, 5) is 32.3. The number of aromatic carboxylic acids is 1. The van der Waals surface area contributed by atoms with Gasteiger partial charge in [0.25, 0.3) is 6.47 Å². The second-order valence-electron chi connectivity index (χ2n) is 8.13. The lowest BCUT2D eigenvalue weighted by Gasteiger charge is -2.13. The zero-order chi connectivity index (χ0) is 23.3. The lowest BCUT2D eigenvalue weighted by molar-refractivity contribution is -0.120. The maximum atomic E-state index is 14.5. The van der Waals surface area contributed by atoms with Crippen molar-refractivity contribution in [2.75, 3.05) is 0 Å². The summed E-state index contributed by atoms with van der Waals surface area (Å²) in [5.41, 5.74) is 4.39. The summed E-state index contributed by atoms with van der Waals surface area (Å²) in [7, 11) is 0. The number of carbonyl (C=O) groups excluding carboxylic acids is 1. The molecule has 5 aromatic rings. The number of hydrogen-bond donors (Lipinski definition) is 4. The number of fused-ring (bicyclic) bond motifs is 2. The molecule has 0 fully saturated rings. The van der Waals surface area contributed by atoms with Crippen LogP contribution in [0.3, 0.4) is 0 Å². The van der Waals surface area contributed by atoms with Crippen LogP contribution < -0.4 is 4.74 Å². The van der Waals surface area contributed by atoms with Crippen molar-refractivity contribution in [3.05, 3.63) is 65.7 Å². The monoisotopic (exact) mass is 445 g/mol. The molecule has 8 heteroatoms. The third-order valence-corrected chi connectivity index (χ3v) is 5.82. The molecule has 7 nitrogen and oxygen atoms in total. The molecule has 0 saturated heterocycles. The summed E-state index contributed by atoms with van der Waals surface area (Å²) >= 11 is 0. The molecule has 5 rings (SSSR count). The number of carbonyl (C=O) groups is 2. The molecular formula is C25H20FN3O4. The zero-order valence-corrected chi connectivity index (χ0v) is 17.8. The van der Waals surface area contributed by atoms with Gasteiger partial charge in [-0.25, -0.2) is 9.18 Å². The lowest BCUT2D eigenvalue weighted by Crippen LogP contribution is -2.00. The standard InChI is InChI=1S/C25H20FN3O4/c1-12(2)21-22(15-4-3-5-18-16(15)10-20(28-18)33-11-30)24(25(31)32)29-23(21)17-8-13(26)9-19-14(17)6-7-27-19/h3-12,27-29H,1-2H3,(H,31,32). The van der Waals surface area contributed by atoms with Gasteiger partial charge in [0.2, 0.25) is 5.88 Å². The summed E-state index contributed by atoms with van der Waals surface area (Å²) < 4.78 is 19.4. The molecule has 0 saturated carbocycles.